The Morgan fingerprint density at radius 1 is 1.54 bits per heavy atom. The van der Waals surface area contributed by atoms with Crippen molar-refractivity contribution < 1.29 is 15.0 Å². The molecule has 13 heavy (non-hydrogen) atoms. The fraction of sp³-hybridized carbons (Fsp3) is 0.222. The van der Waals surface area contributed by atoms with Crippen LogP contribution in [0.1, 0.15) is 22.8 Å². The average Bonchev–Trinajstić information content (AvgIpc) is 2.08. The van der Waals surface area contributed by atoms with Gasteiger partial charge in [-0.2, -0.15) is 0 Å². The van der Waals surface area contributed by atoms with Crippen molar-refractivity contribution in [2.45, 2.75) is 13.3 Å². The Balaban J connectivity index is 3.35. The largest absolute Gasteiger partial charge is 0.507 e. The van der Waals surface area contributed by atoms with E-state index in [9.17, 15) is 9.90 Å². The molecule has 1 aromatic carbocycles. The molecule has 0 fully saturated rings. The third-order valence-corrected chi connectivity index (χ3v) is 2.22. The molecular weight excluding hydrogens is 236 g/mol. The lowest BCUT2D eigenvalue weighted by Gasteiger charge is -2.05. The second-order valence-corrected chi connectivity index (χ2v) is 3.54. The van der Waals surface area contributed by atoms with E-state index < -0.39 is 5.97 Å². The van der Waals surface area contributed by atoms with Crippen LogP contribution in [0.4, 0.5) is 0 Å². The van der Waals surface area contributed by atoms with Crippen molar-refractivity contribution in [1.82, 2.24) is 0 Å². The lowest BCUT2D eigenvalue weighted by molar-refractivity contribution is 0.0693. The maximum Gasteiger partial charge on any atom is 0.339 e. The Kier molecular flexibility index (Phi) is 2.93. The Labute approximate surface area is 84.1 Å². The van der Waals surface area contributed by atoms with Crippen LogP contribution in [-0.4, -0.2) is 16.2 Å². The molecule has 0 saturated carbocycles. The maximum atomic E-state index is 10.7. The van der Waals surface area contributed by atoms with Gasteiger partial charge in [-0.3, -0.25) is 0 Å². The van der Waals surface area contributed by atoms with Crippen LogP contribution in [0.25, 0.3) is 0 Å². The van der Waals surface area contributed by atoms with Gasteiger partial charge in [0.15, 0.2) is 0 Å². The minimum absolute atomic E-state index is 0.0637. The molecule has 0 aromatic heterocycles. The highest BCUT2D eigenvalue weighted by Gasteiger charge is 2.13. The molecule has 0 spiro atoms. The molecule has 2 N–H and O–H groups in total. The number of aryl methyl sites for hydroxylation is 1. The molecule has 0 aliphatic rings. The fourth-order valence-electron chi connectivity index (χ4n) is 1.09. The molecule has 4 heteroatoms. The lowest BCUT2D eigenvalue weighted by atomic mass is 10.1. The second-order valence-electron chi connectivity index (χ2n) is 2.62. The Morgan fingerprint density at radius 2 is 2.15 bits per heavy atom. The van der Waals surface area contributed by atoms with Crippen molar-refractivity contribution in [3.8, 4) is 5.75 Å². The predicted octanol–water partition coefficient (Wildman–Crippen LogP) is 2.42. The molecule has 0 aliphatic heterocycles. The zero-order chi connectivity index (χ0) is 10.0. The summed E-state index contributed by atoms with van der Waals surface area (Å²) in [5.74, 6) is -1.26. The van der Waals surface area contributed by atoms with Crippen LogP contribution < -0.4 is 0 Å². The summed E-state index contributed by atoms with van der Waals surface area (Å²) in [4.78, 5) is 10.7. The highest BCUT2D eigenvalue weighted by Crippen LogP contribution is 2.27. The monoisotopic (exact) mass is 244 g/mol. The predicted molar refractivity (Wildman–Crippen MR) is 52.1 cm³/mol. The van der Waals surface area contributed by atoms with E-state index in [0.29, 0.717) is 16.5 Å². The standard InChI is InChI=1S/C9H9BrO3/c1-2-5-3-6(10)4-7(8(5)11)9(12)13/h3-4,11H,2H2,1H3,(H,12,13). The lowest BCUT2D eigenvalue weighted by Crippen LogP contribution is -1.99. The zero-order valence-electron chi connectivity index (χ0n) is 7.04. The van der Waals surface area contributed by atoms with E-state index in [-0.39, 0.29) is 11.3 Å². The van der Waals surface area contributed by atoms with Crippen LogP contribution in [0, 0.1) is 0 Å². The molecule has 1 aromatic rings. The summed E-state index contributed by atoms with van der Waals surface area (Å²) in [7, 11) is 0. The third-order valence-electron chi connectivity index (χ3n) is 1.76. The van der Waals surface area contributed by atoms with Crippen LogP contribution in [0.3, 0.4) is 0 Å². The first-order valence-corrected chi connectivity index (χ1v) is 4.60. The summed E-state index contributed by atoms with van der Waals surface area (Å²) in [6.45, 7) is 1.85. The number of carbonyl (C=O) groups is 1. The number of rotatable bonds is 2. The minimum atomic E-state index is -1.12. The van der Waals surface area contributed by atoms with Gasteiger partial charge in [-0.1, -0.05) is 22.9 Å². The number of carboxylic acid groups (broad SMARTS) is 1. The second kappa shape index (κ2) is 3.79. The van der Waals surface area contributed by atoms with Gasteiger partial charge in [0.05, 0.1) is 0 Å². The van der Waals surface area contributed by atoms with Gasteiger partial charge < -0.3 is 10.2 Å². The number of hydrogen-bond donors (Lipinski definition) is 2. The molecule has 3 nitrogen and oxygen atoms in total. The molecule has 0 unspecified atom stereocenters. The Bertz CT molecular complexity index is 347. The first-order valence-electron chi connectivity index (χ1n) is 3.81. The van der Waals surface area contributed by atoms with Crippen molar-refractivity contribution in [2.75, 3.05) is 0 Å². The molecular formula is C9H9BrO3. The van der Waals surface area contributed by atoms with Crippen molar-refractivity contribution in [2.24, 2.45) is 0 Å². The van der Waals surface area contributed by atoms with Gasteiger partial charge in [0, 0.05) is 4.47 Å². The topological polar surface area (TPSA) is 57.5 Å². The molecule has 0 heterocycles. The van der Waals surface area contributed by atoms with Gasteiger partial charge in [0.25, 0.3) is 0 Å². The number of phenols is 1. The maximum absolute atomic E-state index is 10.7. The van der Waals surface area contributed by atoms with Crippen LogP contribution in [-0.2, 0) is 6.42 Å². The van der Waals surface area contributed by atoms with Crippen LogP contribution in [0.15, 0.2) is 16.6 Å². The van der Waals surface area contributed by atoms with Crippen molar-refractivity contribution in [3.63, 3.8) is 0 Å². The summed E-state index contributed by atoms with van der Waals surface area (Å²) < 4.78 is 0.666. The van der Waals surface area contributed by atoms with Gasteiger partial charge in [-0.05, 0) is 24.1 Å². The highest BCUT2D eigenvalue weighted by atomic mass is 79.9. The summed E-state index contributed by atoms with van der Waals surface area (Å²) >= 11 is 3.18. The van der Waals surface area contributed by atoms with E-state index in [1.165, 1.54) is 6.07 Å². The Morgan fingerprint density at radius 3 is 2.62 bits per heavy atom. The van der Waals surface area contributed by atoms with E-state index >= 15 is 0 Å². The normalized spacial score (nSPS) is 10.0. The van der Waals surface area contributed by atoms with Gasteiger partial charge in [0.2, 0.25) is 0 Å². The summed E-state index contributed by atoms with van der Waals surface area (Å²) in [5, 5.41) is 18.2. The molecule has 0 atom stereocenters. The fourth-order valence-corrected chi connectivity index (χ4v) is 1.59. The molecule has 1 rings (SSSR count). The van der Waals surface area contributed by atoms with E-state index in [0.717, 1.165) is 0 Å². The number of carboxylic acids is 1. The number of halogens is 1. The smallest absolute Gasteiger partial charge is 0.339 e. The zero-order valence-corrected chi connectivity index (χ0v) is 8.63. The minimum Gasteiger partial charge on any atom is -0.507 e. The average molecular weight is 245 g/mol. The quantitative estimate of drug-likeness (QED) is 0.841. The summed E-state index contributed by atoms with van der Waals surface area (Å²) in [6, 6.07) is 3.10. The number of hydrogen-bond acceptors (Lipinski definition) is 2. The van der Waals surface area contributed by atoms with E-state index in [4.69, 9.17) is 5.11 Å². The number of aromatic hydroxyl groups is 1. The van der Waals surface area contributed by atoms with Gasteiger partial charge in [-0.15, -0.1) is 0 Å². The van der Waals surface area contributed by atoms with E-state index in [1.807, 2.05) is 6.92 Å². The first kappa shape index (κ1) is 10.1. The summed E-state index contributed by atoms with van der Waals surface area (Å²) in [5.41, 5.74) is 0.568. The van der Waals surface area contributed by atoms with Crippen molar-refractivity contribution in [3.05, 3.63) is 27.7 Å². The first-order chi connectivity index (χ1) is 6.06. The van der Waals surface area contributed by atoms with Crippen molar-refractivity contribution in [1.29, 1.82) is 0 Å². The molecule has 0 aliphatic carbocycles. The highest BCUT2D eigenvalue weighted by molar-refractivity contribution is 9.10. The molecule has 0 saturated heterocycles. The van der Waals surface area contributed by atoms with Crippen LogP contribution in [0.2, 0.25) is 0 Å². The van der Waals surface area contributed by atoms with Crippen LogP contribution >= 0.6 is 15.9 Å². The molecule has 0 radical (unpaired) electrons. The van der Waals surface area contributed by atoms with Gasteiger partial charge in [0.1, 0.15) is 11.3 Å². The summed E-state index contributed by atoms with van der Waals surface area (Å²) in [6.07, 6.45) is 0.603. The van der Waals surface area contributed by atoms with Gasteiger partial charge in [-0.25, -0.2) is 4.79 Å². The van der Waals surface area contributed by atoms with Gasteiger partial charge >= 0.3 is 5.97 Å². The molecule has 70 valence electrons. The SMILES string of the molecule is CCc1cc(Br)cc(C(=O)O)c1O. The number of aromatic carboxylic acids is 1. The van der Waals surface area contributed by atoms with E-state index in [1.54, 1.807) is 6.07 Å². The molecule has 0 amide bonds. The van der Waals surface area contributed by atoms with E-state index in [2.05, 4.69) is 15.9 Å². The third kappa shape index (κ3) is 2.01. The Hall–Kier alpha value is -1.03. The van der Waals surface area contributed by atoms with Crippen LogP contribution in [0.5, 0.6) is 5.75 Å². The molecule has 0 bridgehead atoms. The number of benzene rings is 1. The van der Waals surface area contributed by atoms with Crippen molar-refractivity contribution >= 4 is 21.9 Å².